The Balaban J connectivity index is 1.79. The fourth-order valence-electron chi connectivity index (χ4n) is 2.48. The number of hydrogen-bond acceptors (Lipinski definition) is 2. The van der Waals surface area contributed by atoms with Crippen LogP contribution in [0, 0.1) is 5.92 Å². The van der Waals surface area contributed by atoms with Gasteiger partial charge < -0.3 is 10.2 Å². The van der Waals surface area contributed by atoms with Crippen LogP contribution in [-0.4, -0.2) is 42.5 Å². The zero-order valence-corrected chi connectivity index (χ0v) is 13.0. The average Bonchev–Trinajstić information content (AvgIpc) is 2.78. The van der Waals surface area contributed by atoms with Gasteiger partial charge in [-0.1, -0.05) is 23.7 Å². The van der Waals surface area contributed by atoms with Gasteiger partial charge in [-0.05, 0) is 24.1 Å². The third-order valence-corrected chi connectivity index (χ3v) is 3.79. The van der Waals surface area contributed by atoms with Gasteiger partial charge in [0.2, 0.25) is 11.8 Å². The molecule has 1 saturated heterocycles. The van der Waals surface area contributed by atoms with Crippen LogP contribution >= 0.6 is 11.6 Å². The predicted octanol–water partition coefficient (Wildman–Crippen LogP) is 2.41. The lowest BCUT2D eigenvalue weighted by Gasteiger charge is -2.18. The minimum absolute atomic E-state index is 0.181. The highest BCUT2D eigenvalue weighted by molar-refractivity contribution is 6.30. The van der Waals surface area contributed by atoms with Gasteiger partial charge in [0.1, 0.15) is 6.54 Å². The Morgan fingerprint density at radius 2 is 2.13 bits per heavy atom. The number of likely N-dealkylation sites (tertiary alicyclic amines) is 1. The van der Waals surface area contributed by atoms with Crippen molar-refractivity contribution >= 4 is 23.4 Å². The summed E-state index contributed by atoms with van der Waals surface area (Å²) >= 11 is 5.85. The molecule has 1 aromatic carbocycles. The van der Waals surface area contributed by atoms with E-state index in [-0.39, 0.29) is 13.0 Å². The van der Waals surface area contributed by atoms with Crippen molar-refractivity contribution in [2.45, 2.75) is 19.0 Å². The third kappa shape index (κ3) is 5.42. The Bertz CT molecular complexity index is 592. The fraction of sp³-hybridized carbons (Fsp3) is 0.467. The van der Waals surface area contributed by atoms with Crippen molar-refractivity contribution in [3.63, 3.8) is 0 Å². The van der Waals surface area contributed by atoms with Crippen molar-refractivity contribution in [3.05, 3.63) is 34.9 Å². The van der Waals surface area contributed by atoms with E-state index >= 15 is 0 Å². The van der Waals surface area contributed by atoms with Gasteiger partial charge in [-0.15, -0.1) is 0 Å². The van der Waals surface area contributed by atoms with Crippen LogP contribution in [0.5, 0.6) is 0 Å². The quantitative estimate of drug-likeness (QED) is 0.888. The van der Waals surface area contributed by atoms with Gasteiger partial charge in [0, 0.05) is 24.5 Å². The maximum Gasteiger partial charge on any atom is 0.406 e. The molecule has 8 heteroatoms. The Morgan fingerprint density at radius 3 is 2.78 bits per heavy atom. The Morgan fingerprint density at radius 1 is 1.39 bits per heavy atom. The van der Waals surface area contributed by atoms with Gasteiger partial charge >= 0.3 is 6.18 Å². The first-order valence-electron chi connectivity index (χ1n) is 7.11. The van der Waals surface area contributed by atoms with E-state index in [1.54, 1.807) is 18.2 Å². The largest absolute Gasteiger partial charge is 0.406 e. The summed E-state index contributed by atoms with van der Waals surface area (Å²) in [5.41, 5.74) is 0.944. The topological polar surface area (TPSA) is 49.4 Å². The van der Waals surface area contributed by atoms with E-state index in [4.69, 9.17) is 11.6 Å². The van der Waals surface area contributed by atoms with E-state index in [0.29, 0.717) is 22.9 Å². The van der Waals surface area contributed by atoms with E-state index in [1.807, 2.05) is 6.07 Å². The van der Waals surface area contributed by atoms with E-state index in [2.05, 4.69) is 5.32 Å². The number of nitrogens with zero attached hydrogens (tertiary/aromatic N) is 1. The summed E-state index contributed by atoms with van der Waals surface area (Å²) in [4.78, 5) is 24.2. The van der Waals surface area contributed by atoms with Gasteiger partial charge in [0.25, 0.3) is 0 Å². The molecule has 2 rings (SSSR count). The maximum atomic E-state index is 12.3. The molecule has 0 aliphatic carbocycles. The van der Waals surface area contributed by atoms with Gasteiger partial charge in [0.05, 0.1) is 5.92 Å². The van der Waals surface area contributed by atoms with Crippen LogP contribution in [0.4, 0.5) is 13.2 Å². The summed E-state index contributed by atoms with van der Waals surface area (Å²) in [6, 6.07) is 7.17. The average molecular weight is 349 g/mol. The van der Waals surface area contributed by atoms with Crippen molar-refractivity contribution in [2.24, 2.45) is 5.92 Å². The zero-order chi connectivity index (χ0) is 17.0. The van der Waals surface area contributed by atoms with Crippen molar-refractivity contribution < 1.29 is 22.8 Å². The number of alkyl halides is 3. The second-order valence-corrected chi connectivity index (χ2v) is 5.90. The summed E-state index contributed by atoms with van der Waals surface area (Å²) in [6.07, 6.45) is -4.08. The first kappa shape index (κ1) is 17.6. The summed E-state index contributed by atoms with van der Waals surface area (Å²) in [5.74, 6) is -1.77. The second kappa shape index (κ2) is 7.21. The molecule has 2 amide bonds. The van der Waals surface area contributed by atoms with E-state index in [0.717, 1.165) is 5.56 Å². The molecule has 1 aliphatic heterocycles. The Kier molecular flexibility index (Phi) is 5.51. The molecule has 1 aromatic rings. The molecule has 0 aromatic heterocycles. The number of hydrogen-bond donors (Lipinski definition) is 1. The third-order valence-electron chi connectivity index (χ3n) is 3.56. The molecule has 23 heavy (non-hydrogen) atoms. The number of amides is 2. The summed E-state index contributed by atoms with van der Waals surface area (Å²) in [5, 5.41) is 3.25. The number of nitrogens with one attached hydrogen (secondary N) is 1. The highest BCUT2D eigenvalue weighted by atomic mass is 35.5. The molecule has 126 valence electrons. The van der Waals surface area contributed by atoms with Gasteiger partial charge in [-0.25, -0.2) is 0 Å². The van der Waals surface area contributed by atoms with Crippen LogP contribution in [0.25, 0.3) is 0 Å². The van der Waals surface area contributed by atoms with Gasteiger partial charge in [-0.2, -0.15) is 13.2 Å². The van der Waals surface area contributed by atoms with E-state index < -0.39 is 30.5 Å². The summed E-state index contributed by atoms with van der Waals surface area (Å²) in [7, 11) is 0. The van der Waals surface area contributed by atoms with E-state index in [9.17, 15) is 22.8 Å². The molecule has 1 heterocycles. The lowest BCUT2D eigenvalue weighted by Crippen LogP contribution is -2.37. The molecule has 0 bridgehead atoms. The standard InChI is InChI=1S/C15H16ClF3N2O2/c16-12-3-1-2-10(6-12)4-5-20-14(23)11-7-13(22)21(8-11)9-15(17,18)19/h1-3,6,11H,4-5,7-9H2,(H,20,23)/t11-/m0/s1. The Labute approximate surface area is 136 Å². The molecule has 1 N–H and O–H groups in total. The molecule has 4 nitrogen and oxygen atoms in total. The first-order valence-corrected chi connectivity index (χ1v) is 7.49. The molecular weight excluding hydrogens is 333 g/mol. The minimum Gasteiger partial charge on any atom is -0.355 e. The summed E-state index contributed by atoms with van der Waals surface area (Å²) in [6.45, 7) is -1.16. The number of carbonyl (C=O) groups excluding carboxylic acids is 2. The van der Waals surface area contributed by atoms with Gasteiger partial charge in [0.15, 0.2) is 0 Å². The van der Waals surface area contributed by atoms with Crippen molar-refractivity contribution in [1.82, 2.24) is 10.2 Å². The number of carbonyl (C=O) groups is 2. The predicted molar refractivity (Wildman–Crippen MR) is 78.9 cm³/mol. The molecule has 1 aliphatic rings. The normalized spacial score (nSPS) is 18.3. The first-order chi connectivity index (χ1) is 10.7. The van der Waals surface area contributed by atoms with Crippen molar-refractivity contribution in [2.75, 3.05) is 19.6 Å². The van der Waals surface area contributed by atoms with Gasteiger partial charge in [-0.3, -0.25) is 9.59 Å². The minimum atomic E-state index is -4.45. The number of benzene rings is 1. The Hall–Kier alpha value is -1.76. The molecule has 1 fully saturated rings. The van der Waals surface area contributed by atoms with E-state index in [1.165, 1.54) is 0 Å². The van der Waals surface area contributed by atoms with Crippen molar-refractivity contribution in [1.29, 1.82) is 0 Å². The van der Waals surface area contributed by atoms with Crippen LogP contribution in [0.1, 0.15) is 12.0 Å². The SMILES string of the molecule is O=C(NCCc1cccc(Cl)c1)[C@H]1CC(=O)N(CC(F)(F)F)C1. The van der Waals surface area contributed by atoms with Crippen molar-refractivity contribution in [3.8, 4) is 0 Å². The fourth-order valence-corrected chi connectivity index (χ4v) is 2.70. The highest BCUT2D eigenvalue weighted by Gasteiger charge is 2.40. The zero-order valence-electron chi connectivity index (χ0n) is 12.2. The van der Waals surface area contributed by atoms with Crippen LogP contribution in [0.2, 0.25) is 5.02 Å². The molecule has 0 unspecified atom stereocenters. The summed E-state index contributed by atoms with van der Waals surface area (Å²) < 4.78 is 37.0. The lowest BCUT2D eigenvalue weighted by molar-refractivity contribution is -0.157. The van der Waals surface area contributed by atoms with Crippen LogP contribution in [0.15, 0.2) is 24.3 Å². The number of rotatable bonds is 5. The molecule has 0 saturated carbocycles. The van der Waals surface area contributed by atoms with Crippen LogP contribution < -0.4 is 5.32 Å². The molecule has 0 spiro atoms. The molecule has 1 atom stereocenters. The molecule has 0 radical (unpaired) electrons. The van der Waals surface area contributed by atoms with Crippen LogP contribution in [0.3, 0.4) is 0 Å². The second-order valence-electron chi connectivity index (χ2n) is 5.46. The lowest BCUT2D eigenvalue weighted by atomic mass is 10.1. The highest BCUT2D eigenvalue weighted by Crippen LogP contribution is 2.23. The molecular formula is C15H16ClF3N2O2. The monoisotopic (exact) mass is 348 g/mol. The van der Waals surface area contributed by atoms with Crippen LogP contribution in [-0.2, 0) is 16.0 Å². The maximum absolute atomic E-state index is 12.3. The number of halogens is 4. The smallest absolute Gasteiger partial charge is 0.355 e.